The second-order valence-corrected chi connectivity index (χ2v) is 4.40. The molecule has 0 aliphatic heterocycles. The van der Waals surface area contributed by atoms with Crippen molar-refractivity contribution in [1.29, 1.82) is 5.26 Å². The minimum atomic E-state index is -0.356. The first kappa shape index (κ1) is 12.8. The van der Waals surface area contributed by atoms with Gasteiger partial charge in [-0.2, -0.15) is 5.26 Å². The van der Waals surface area contributed by atoms with Crippen molar-refractivity contribution in [2.75, 3.05) is 0 Å². The van der Waals surface area contributed by atoms with Gasteiger partial charge < -0.3 is 4.79 Å². The van der Waals surface area contributed by atoms with Gasteiger partial charge in [-0.3, -0.25) is 4.57 Å². The molecule has 0 aliphatic rings. The number of benzene rings is 1. The van der Waals surface area contributed by atoms with Gasteiger partial charge in [0.25, 0.3) is 0 Å². The molecule has 102 valence electrons. The lowest BCUT2D eigenvalue weighted by atomic mass is 10.2. The molecule has 1 aromatic carbocycles. The van der Waals surface area contributed by atoms with Crippen LogP contribution in [0.25, 0.3) is 16.9 Å². The van der Waals surface area contributed by atoms with Gasteiger partial charge in [-0.1, -0.05) is 6.07 Å². The zero-order chi connectivity index (χ0) is 14.8. The largest absolute Gasteiger partial charge is 0.335 e. The first-order valence-corrected chi connectivity index (χ1v) is 6.26. The second-order valence-electron chi connectivity index (χ2n) is 4.40. The van der Waals surface area contributed by atoms with Crippen LogP contribution in [0.4, 0.5) is 0 Å². The van der Waals surface area contributed by atoms with Crippen LogP contribution in [0.15, 0.2) is 47.4 Å². The van der Waals surface area contributed by atoms with E-state index < -0.39 is 0 Å². The maximum absolute atomic E-state index is 12.5. The summed E-state index contributed by atoms with van der Waals surface area (Å²) < 4.78 is 2.76. The van der Waals surface area contributed by atoms with E-state index >= 15 is 0 Å². The van der Waals surface area contributed by atoms with Crippen molar-refractivity contribution in [1.82, 2.24) is 14.1 Å². The number of nitriles is 1. The predicted molar refractivity (Wildman–Crippen MR) is 76.1 cm³/mol. The van der Waals surface area contributed by atoms with Crippen LogP contribution in [0.5, 0.6) is 0 Å². The molecule has 0 amide bonds. The third-order valence-electron chi connectivity index (χ3n) is 3.19. The monoisotopic (exact) mass is 278 g/mol. The lowest BCUT2D eigenvalue weighted by Crippen LogP contribution is -2.24. The minimum absolute atomic E-state index is 0.0654. The van der Waals surface area contributed by atoms with Crippen LogP contribution in [-0.4, -0.2) is 20.4 Å². The van der Waals surface area contributed by atoms with Gasteiger partial charge >= 0.3 is 5.69 Å². The Hall–Kier alpha value is -3.20. The highest BCUT2D eigenvalue weighted by atomic mass is 16.2. The molecule has 3 aromatic rings. The lowest BCUT2D eigenvalue weighted by Gasteiger charge is -2.00. The number of aromatic nitrogens is 3. The molecule has 6 heteroatoms. The maximum Gasteiger partial charge on any atom is 0.335 e. The van der Waals surface area contributed by atoms with Crippen molar-refractivity contribution in [3.63, 3.8) is 0 Å². The van der Waals surface area contributed by atoms with Gasteiger partial charge in [0, 0.05) is 6.20 Å². The SMILES string of the molecule is N#Cc1ccc2c(c1)n(CC=O)c(=O)n2-c1ccccn1. The van der Waals surface area contributed by atoms with E-state index in [-0.39, 0.29) is 12.2 Å². The van der Waals surface area contributed by atoms with Crippen LogP contribution >= 0.6 is 0 Å². The van der Waals surface area contributed by atoms with E-state index in [9.17, 15) is 9.59 Å². The molecule has 0 fully saturated rings. The number of aldehydes is 1. The van der Waals surface area contributed by atoms with Gasteiger partial charge in [0.15, 0.2) is 0 Å². The predicted octanol–water partition coefficient (Wildman–Crippen LogP) is 1.26. The second kappa shape index (κ2) is 5.06. The molecule has 0 saturated heterocycles. The number of hydrogen-bond donors (Lipinski definition) is 0. The molecule has 0 aliphatic carbocycles. The lowest BCUT2D eigenvalue weighted by molar-refractivity contribution is -0.108. The first-order chi connectivity index (χ1) is 10.3. The van der Waals surface area contributed by atoms with Crippen molar-refractivity contribution in [3.8, 4) is 11.9 Å². The molecule has 0 N–H and O–H groups in total. The normalized spacial score (nSPS) is 10.4. The highest BCUT2D eigenvalue weighted by Gasteiger charge is 2.15. The average molecular weight is 278 g/mol. The molecule has 6 nitrogen and oxygen atoms in total. The molecular formula is C15H10N4O2. The molecule has 3 rings (SSSR count). The fourth-order valence-corrected chi connectivity index (χ4v) is 2.28. The number of nitrogens with zero attached hydrogens (tertiary/aromatic N) is 4. The van der Waals surface area contributed by atoms with Crippen LogP contribution in [0, 0.1) is 11.3 Å². The molecule has 2 heterocycles. The quantitative estimate of drug-likeness (QED) is 0.675. The molecular weight excluding hydrogens is 268 g/mol. The molecule has 21 heavy (non-hydrogen) atoms. The van der Waals surface area contributed by atoms with Gasteiger partial charge in [-0.25, -0.2) is 14.3 Å². The molecule has 0 saturated carbocycles. The Morgan fingerprint density at radius 2 is 2.10 bits per heavy atom. The third-order valence-corrected chi connectivity index (χ3v) is 3.19. The van der Waals surface area contributed by atoms with E-state index in [2.05, 4.69) is 4.98 Å². The van der Waals surface area contributed by atoms with Crippen LogP contribution in [0.3, 0.4) is 0 Å². The molecule has 0 unspecified atom stereocenters. The number of carbonyl (C=O) groups excluding carboxylic acids is 1. The van der Waals surface area contributed by atoms with Crippen LogP contribution < -0.4 is 5.69 Å². The van der Waals surface area contributed by atoms with Crippen molar-refractivity contribution >= 4 is 17.3 Å². The zero-order valence-corrected chi connectivity index (χ0v) is 10.9. The Bertz CT molecular complexity index is 916. The van der Waals surface area contributed by atoms with Crippen molar-refractivity contribution in [2.45, 2.75) is 6.54 Å². The van der Waals surface area contributed by atoms with Gasteiger partial charge in [0.2, 0.25) is 0 Å². The summed E-state index contributed by atoms with van der Waals surface area (Å²) in [5.74, 6) is 0.474. The van der Waals surface area contributed by atoms with Gasteiger partial charge in [0.05, 0.1) is 29.2 Å². The van der Waals surface area contributed by atoms with Crippen molar-refractivity contribution < 1.29 is 4.79 Å². The Labute approximate surface area is 119 Å². The van der Waals surface area contributed by atoms with Crippen molar-refractivity contribution in [3.05, 3.63) is 58.6 Å². The zero-order valence-electron chi connectivity index (χ0n) is 10.9. The molecule has 0 radical (unpaired) electrons. The number of fused-ring (bicyclic) bond motifs is 1. The minimum Gasteiger partial charge on any atom is -0.301 e. The van der Waals surface area contributed by atoms with E-state index in [0.29, 0.717) is 28.7 Å². The fourth-order valence-electron chi connectivity index (χ4n) is 2.28. The molecule has 0 spiro atoms. The first-order valence-electron chi connectivity index (χ1n) is 6.26. The Kier molecular flexibility index (Phi) is 3.09. The standard InChI is InChI=1S/C15H10N4O2/c16-10-11-4-5-12-13(9-11)18(7-8-20)15(21)19(12)14-3-1-2-6-17-14/h1-6,8-9H,7H2. The van der Waals surface area contributed by atoms with Gasteiger partial charge in [-0.05, 0) is 30.3 Å². The summed E-state index contributed by atoms with van der Waals surface area (Å²) in [4.78, 5) is 27.5. The Morgan fingerprint density at radius 3 is 2.76 bits per heavy atom. The number of pyridine rings is 1. The van der Waals surface area contributed by atoms with E-state index in [1.54, 1.807) is 42.6 Å². The van der Waals surface area contributed by atoms with E-state index in [0.717, 1.165) is 0 Å². The summed E-state index contributed by atoms with van der Waals surface area (Å²) in [6, 6.07) is 12.2. The Morgan fingerprint density at radius 1 is 1.24 bits per heavy atom. The van der Waals surface area contributed by atoms with Crippen LogP contribution in [0.1, 0.15) is 5.56 Å². The molecule has 0 atom stereocenters. The van der Waals surface area contributed by atoms with E-state index in [1.807, 2.05) is 6.07 Å². The summed E-state index contributed by atoms with van der Waals surface area (Å²) >= 11 is 0. The summed E-state index contributed by atoms with van der Waals surface area (Å²) in [5.41, 5.74) is 1.22. The fraction of sp³-hybridized carbons (Fsp3) is 0.0667. The summed E-state index contributed by atoms with van der Waals surface area (Å²) in [7, 11) is 0. The summed E-state index contributed by atoms with van der Waals surface area (Å²) in [6.45, 7) is -0.0654. The average Bonchev–Trinajstić information content (AvgIpc) is 2.80. The van der Waals surface area contributed by atoms with E-state index in [4.69, 9.17) is 5.26 Å². The molecule has 0 bridgehead atoms. The summed E-state index contributed by atoms with van der Waals surface area (Å²) in [6.07, 6.45) is 2.25. The number of rotatable bonds is 3. The van der Waals surface area contributed by atoms with E-state index in [1.165, 1.54) is 9.13 Å². The Balaban J connectivity index is 2.41. The van der Waals surface area contributed by atoms with Gasteiger partial charge in [0.1, 0.15) is 12.1 Å². The van der Waals surface area contributed by atoms with Crippen molar-refractivity contribution in [2.24, 2.45) is 0 Å². The smallest absolute Gasteiger partial charge is 0.301 e. The highest BCUT2D eigenvalue weighted by Crippen LogP contribution is 2.17. The summed E-state index contributed by atoms with van der Waals surface area (Å²) in [5, 5.41) is 8.98. The number of imidazole rings is 1. The maximum atomic E-state index is 12.5. The number of hydrogen-bond acceptors (Lipinski definition) is 4. The topological polar surface area (TPSA) is 80.7 Å². The van der Waals surface area contributed by atoms with Crippen LogP contribution in [0.2, 0.25) is 0 Å². The highest BCUT2D eigenvalue weighted by molar-refractivity contribution is 5.80. The third kappa shape index (κ3) is 2.01. The van der Waals surface area contributed by atoms with Gasteiger partial charge in [-0.15, -0.1) is 0 Å². The number of carbonyl (C=O) groups is 1. The van der Waals surface area contributed by atoms with Crippen LogP contribution in [-0.2, 0) is 11.3 Å². The molecule has 2 aromatic heterocycles.